The summed E-state index contributed by atoms with van der Waals surface area (Å²) in [6, 6.07) is 8.51. The van der Waals surface area contributed by atoms with Crippen LogP contribution < -0.4 is 5.73 Å². The van der Waals surface area contributed by atoms with Crippen molar-refractivity contribution in [3.63, 3.8) is 0 Å². The maximum Gasteiger partial charge on any atom is 0.292 e. The fraction of sp³-hybridized carbons (Fsp3) is 0.235. The zero-order chi connectivity index (χ0) is 20.5. The Kier molecular flexibility index (Phi) is 5.29. The zero-order valence-corrected chi connectivity index (χ0v) is 15.4. The van der Waals surface area contributed by atoms with Crippen LogP contribution in [0, 0.1) is 15.9 Å². The lowest BCUT2D eigenvalue weighted by Gasteiger charge is -2.34. The molecule has 148 valence electrons. The molecule has 0 aromatic heterocycles. The van der Waals surface area contributed by atoms with E-state index >= 15 is 0 Å². The third-order valence-corrected chi connectivity index (χ3v) is 6.33. The van der Waals surface area contributed by atoms with Crippen molar-refractivity contribution >= 4 is 27.3 Å². The summed E-state index contributed by atoms with van der Waals surface area (Å²) in [7, 11) is -3.87. The molecule has 1 aliphatic heterocycles. The van der Waals surface area contributed by atoms with Crippen LogP contribution in [-0.2, 0) is 10.0 Å². The number of nitrogens with two attached hydrogens (primary N) is 1. The summed E-state index contributed by atoms with van der Waals surface area (Å²) in [6.07, 6.45) is 0. The lowest BCUT2D eigenvalue weighted by Crippen LogP contribution is -2.50. The van der Waals surface area contributed by atoms with E-state index in [-0.39, 0.29) is 48.0 Å². The summed E-state index contributed by atoms with van der Waals surface area (Å²) in [5.74, 6) is -1.11. The zero-order valence-electron chi connectivity index (χ0n) is 14.6. The summed E-state index contributed by atoms with van der Waals surface area (Å²) < 4.78 is 39.7. The highest BCUT2D eigenvalue weighted by Crippen LogP contribution is 2.24. The van der Waals surface area contributed by atoms with E-state index in [1.807, 2.05) is 0 Å². The Balaban J connectivity index is 1.72. The fourth-order valence-corrected chi connectivity index (χ4v) is 4.38. The number of hydrogen-bond acceptors (Lipinski definition) is 6. The molecular weight excluding hydrogens is 391 g/mol. The number of nitrogen functional groups attached to an aromatic ring is 1. The minimum Gasteiger partial charge on any atom is -0.393 e. The smallest absolute Gasteiger partial charge is 0.292 e. The summed E-state index contributed by atoms with van der Waals surface area (Å²) >= 11 is 0. The van der Waals surface area contributed by atoms with E-state index in [1.165, 1.54) is 33.5 Å². The Morgan fingerprint density at radius 2 is 1.79 bits per heavy atom. The average Bonchev–Trinajstić information content (AvgIpc) is 2.67. The van der Waals surface area contributed by atoms with Crippen LogP contribution in [0.5, 0.6) is 0 Å². The number of nitro groups is 1. The highest BCUT2D eigenvalue weighted by Gasteiger charge is 2.31. The first-order valence-electron chi connectivity index (χ1n) is 8.29. The molecule has 9 nitrogen and oxygen atoms in total. The molecule has 3 rings (SSSR count). The molecule has 0 radical (unpaired) electrons. The Labute approximate surface area is 160 Å². The molecular formula is C17H17FN4O5S. The lowest BCUT2D eigenvalue weighted by molar-refractivity contribution is -0.383. The van der Waals surface area contributed by atoms with Crippen LogP contribution in [0.2, 0.25) is 0 Å². The van der Waals surface area contributed by atoms with Gasteiger partial charge < -0.3 is 10.6 Å². The van der Waals surface area contributed by atoms with E-state index in [9.17, 15) is 27.7 Å². The predicted octanol–water partition coefficient (Wildman–Crippen LogP) is 1.46. The van der Waals surface area contributed by atoms with Gasteiger partial charge >= 0.3 is 0 Å². The number of rotatable bonds is 4. The minimum absolute atomic E-state index is 0.0294. The van der Waals surface area contributed by atoms with Crippen molar-refractivity contribution in [3.05, 3.63) is 64.0 Å². The topological polar surface area (TPSA) is 127 Å². The first-order valence-corrected chi connectivity index (χ1v) is 9.73. The first-order chi connectivity index (χ1) is 13.2. The standard InChI is InChI=1S/C17H17FN4O5S/c18-13-2-1-3-14(11-13)28(26,27)21-8-6-20(7-9-21)17(23)12-4-5-15(19)16(10-12)22(24)25/h1-5,10-11H,6-9,19H2. The highest BCUT2D eigenvalue weighted by atomic mass is 32.2. The van der Waals surface area contributed by atoms with Gasteiger partial charge in [-0.05, 0) is 30.3 Å². The Morgan fingerprint density at radius 1 is 1.11 bits per heavy atom. The van der Waals surface area contributed by atoms with Gasteiger partial charge in [0.1, 0.15) is 11.5 Å². The van der Waals surface area contributed by atoms with Crippen LogP contribution in [0.3, 0.4) is 0 Å². The van der Waals surface area contributed by atoms with Crippen molar-refractivity contribution in [3.8, 4) is 0 Å². The number of piperazine rings is 1. The number of carbonyl (C=O) groups is 1. The van der Waals surface area contributed by atoms with E-state index in [0.717, 1.165) is 18.2 Å². The molecule has 11 heteroatoms. The van der Waals surface area contributed by atoms with Crippen molar-refractivity contribution < 1.29 is 22.5 Å². The number of hydrogen-bond donors (Lipinski definition) is 1. The second-order valence-corrected chi connectivity index (χ2v) is 8.12. The Morgan fingerprint density at radius 3 is 2.39 bits per heavy atom. The Bertz CT molecular complexity index is 1040. The monoisotopic (exact) mass is 408 g/mol. The SMILES string of the molecule is Nc1ccc(C(=O)N2CCN(S(=O)(=O)c3cccc(F)c3)CC2)cc1[N+](=O)[O-]. The second-order valence-electron chi connectivity index (χ2n) is 6.18. The van der Waals surface area contributed by atoms with E-state index in [2.05, 4.69) is 0 Å². The molecule has 2 aromatic rings. The molecule has 1 saturated heterocycles. The van der Waals surface area contributed by atoms with Crippen molar-refractivity contribution in [1.29, 1.82) is 0 Å². The summed E-state index contributed by atoms with van der Waals surface area (Å²) in [5.41, 5.74) is 5.22. The fourth-order valence-electron chi connectivity index (χ4n) is 2.93. The average molecular weight is 408 g/mol. The first kappa shape index (κ1) is 19.7. The quantitative estimate of drug-likeness (QED) is 0.464. The van der Waals surface area contributed by atoms with Gasteiger partial charge in [-0.3, -0.25) is 14.9 Å². The van der Waals surface area contributed by atoms with Gasteiger partial charge in [0.25, 0.3) is 11.6 Å². The molecule has 0 saturated carbocycles. The largest absolute Gasteiger partial charge is 0.393 e. The molecule has 1 amide bonds. The number of nitrogens with zero attached hydrogens (tertiary/aromatic N) is 3. The summed E-state index contributed by atoms with van der Waals surface area (Å²) in [5, 5.41) is 11.0. The number of carbonyl (C=O) groups excluding carboxylic acids is 1. The number of sulfonamides is 1. The van der Waals surface area contributed by atoms with E-state index in [0.29, 0.717) is 0 Å². The van der Waals surface area contributed by atoms with E-state index in [1.54, 1.807) is 0 Å². The van der Waals surface area contributed by atoms with Gasteiger partial charge in [0, 0.05) is 37.8 Å². The molecule has 2 aromatic carbocycles. The molecule has 0 atom stereocenters. The number of benzene rings is 2. The molecule has 2 N–H and O–H groups in total. The van der Waals surface area contributed by atoms with Gasteiger partial charge in [-0.15, -0.1) is 0 Å². The number of amides is 1. The number of nitro benzene ring substituents is 1. The van der Waals surface area contributed by atoms with Crippen LogP contribution in [-0.4, -0.2) is 54.6 Å². The molecule has 1 heterocycles. The van der Waals surface area contributed by atoms with Crippen LogP contribution in [0.1, 0.15) is 10.4 Å². The molecule has 28 heavy (non-hydrogen) atoms. The third-order valence-electron chi connectivity index (χ3n) is 4.43. The molecule has 0 unspecified atom stereocenters. The van der Waals surface area contributed by atoms with Gasteiger partial charge in [-0.25, -0.2) is 12.8 Å². The van der Waals surface area contributed by atoms with Crippen LogP contribution in [0.4, 0.5) is 15.8 Å². The number of halogens is 1. The lowest BCUT2D eigenvalue weighted by atomic mass is 10.1. The summed E-state index contributed by atoms with van der Waals surface area (Å²) in [4.78, 5) is 24.2. The number of anilines is 1. The summed E-state index contributed by atoms with van der Waals surface area (Å²) in [6.45, 7) is 0.264. The van der Waals surface area contributed by atoms with Gasteiger partial charge in [-0.1, -0.05) is 6.07 Å². The van der Waals surface area contributed by atoms with Crippen LogP contribution in [0.25, 0.3) is 0 Å². The van der Waals surface area contributed by atoms with Crippen LogP contribution >= 0.6 is 0 Å². The molecule has 1 fully saturated rings. The predicted molar refractivity (Wildman–Crippen MR) is 98.6 cm³/mol. The maximum absolute atomic E-state index is 13.3. The van der Waals surface area contributed by atoms with E-state index in [4.69, 9.17) is 5.73 Å². The molecule has 1 aliphatic rings. The van der Waals surface area contributed by atoms with Crippen LogP contribution in [0.15, 0.2) is 47.4 Å². The van der Waals surface area contributed by atoms with Crippen molar-refractivity contribution in [1.82, 2.24) is 9.21 Å². The second kappa shape index (κ2) is 7.52. The maximum atomic E-state index is 13.3. The molecule has 0 spiro atoms. The van der Waals surface area contributed by atoms with Gasteiger partial charge in [0.15, 0.2) is 0 Å². The third kappa shape index (κ3) is 3.80. The Hall–Kier alpha value is -3.05. The van der Waals surface area contributed by atoms with Crippen molar-refractivity contribution in [2.75, 3.05) is 31.9 Å². The van der Waals surface area contributed by atoms with Gasteiger partial charge in [0.05, 0.1) is 9.82 Å². The molecule has 0 bridgehead atoms. The highest BCUT2D eigenvalue weighted by molar-refractivity contribution is 7.89. The van der Waals surface area contributed by atoms with Gasteiger partial charge in [0.2, 0.25) is 10.0 Å². The van der Waals surface area contributed by atoms with Crippen molar-refractivity contribution in [2.24, 2.45) is 0 Å². The normalized spacial score (nSPS) is 15.4. The van der Waals surface area contributed by atoms with Gasteiger partial charge in [-0.2, -0.15) is 4.31 Å². The van der Waals surface area contributed by atoms with Crippen molar-refractivity contribution in [2.45, 2.75) is 4.90 Å². The molecule has 0 aliphatic carbocycles. The van der Waals surface area contributed by atoms with E-state index < -0.39 is 26.7 Å². The minimum atomic E-state index is -3.87.